The number of hydrogen-bond donors (Lipinski definition) is 0. The standard InChI is InChI=1S/C11H18N2O3/c1-3-16-11(15)10(12-8-14)13-7-5-4-6-9(13)2/h9-10H,3-7H2,1-2H3. The molecule has 2 atom stereocenters. The van der Waals surface area contributed by atoms with Crippen molar-refractivity contribution >= 4 is 12.0 Å². The van der Waals surface area contributed by atoms with E-state index in [0.29, 0.717) is 6.61 Å². The lowest BCUT2D eigenvalue weighted by Gasteiger charge is -2.35. The molecule has 0 bridgehead atoms. The van der Waals surface area contributed by atoms with Gasteiger partial charge in [0, 0.05) is 12.6 Å². The molecular weight excluding hydrogens is 208 g/mol. The molecule has 0 aromatic heterocycles. The number of ether oxygens (including phenoxy) is 1. The highest BCUT2D eigenvalue weighted by Crippen LogP contribution is 2.20. The van der Waals surface area contributed by atoms with E-state index in [0.717, 1.165) is 25.8 Å². The zero-order valence-corrected chi connectivity index (χ0v) is 9.81. The smallest absolute Gasteiger partial charge is 0.347 e. The monoisotopic (exact) mass is 226 g/mol. The van der Waals surface area contributed by atoms with Crippen molar-refractivity contribution in [2.24, 2.45) is 4.99 Å². The van der Waals surface area contributed by atoms with Gasteiger partial charge in [0.1, 0.15) is 0 Å². The van der Waals surface area contributed by atoms with Crippen molar-refractivity contribution in [1.82, 2.24) is 4.90 Å². The lowest BCUT2D eigenvalue weighted by atomic mass is 10.0. The Balaban J connectivity index is 2.74. The predicted octanol–water partition coefficient (Wildman–Crippen LogP) is 1.09. The molecule has 5 heteroatoms. The maximum absolute atomic E-state index is 11.6. The summed E-state index contributed by atoms with van der Waals surface area (Å²) < 4.78 is 4.90. The normalized spacial score (nSPS) is 23.2. The number of hydrogen-bond acceptors (Lipinski definition) is 5. The van der Waals surface area contributed by atoms with E-state index < -0.39 is 12.1 Å². The Morgan fingerprint density at radius 2 is 2.38 bits per heavy atom. The van der Waals surface area contributed by atoms with Crippen LogP contribution in [0.3, 0.4) is 0 Å². The molecule has 0 radical (unpaired) electrons. The number of rotatable bonds is 4. The van der Waals surface area contributed by atoms with Gasteiger partial charge in [-0.2, -0.15) is 4.99 Å². The highest BCUT2D eigenvalue weighted by molar-refractivity contribution is 5.76. The van der Waals surface area contributed by atoms with Gasteiger partial charge in [-0.05, 0) is 26.7 Å². The Morgan fingerprint density at radius 3 is 2.94 bits per heavy atom. The summed E-state index contributed by atoms with van der Waals surface area (Å²) in [6.45, 7) is 4.84. The summed E-state index contributed by atoms with van der Waals surface area (Å²) >= 11 is 0. The van der Waals surface area contributed by atoms with Crippen LogP contribution in [0.25, 0.3) is 0 Å². The Bertz CT molecular complexity index is 287. The molecule has 0 aromatic rings. The summed E-state index contributed by atoms with van der Waals surface area (Å²) in [6.07, 6.45) is 3.84. The first kappa shape index (κ1) is 12.9. The van der Waals surface area contributed by atoms with Crippen molar-refractivity contribution in [3.63, 3.8) is 0 Å². The fourth-order valence-corrected chi connectivity index (χ4v) is 2.01. The molecule has 0 N–H and O–H groups in total. The molecule has 1 fully saturated rings. The molecule has 0 aromatic carbocycles. The van der Waals surface area contributed by atoms with Crippen LogP contribution in [0.15, 0.2) is 4.99 Å². The number of esters is 1. The van der Waals surface area contributed by atoms with E-state index in [-0.39, 0.29) is 6.04 Å². The molecule has 1 aliphatic rings. The summed E-state index contributed by atoms with van der Waals surface area (Å²) in [5, 5.41) is 0. The molecule has 1 rings (SSSR count). The Hall–Kier alpha value is -1.19. The third kappa shape index (κ3) is 3.15. The van der Waals surface area contributed by atoms with Gasteiger partial charge in [-0.1, -0.05) is 6.42 Å². The van der Waals surface area contributed by atoms with Crippen molar-refractivity contribution in [3.05, 3.63) is 0 Å². The molecule has 2 unspecified atom stereocenters. The molecular formula is C11H18N2O3. The van der Waals surface area contributed by atoms with Gasteiger partial charge in [-0.3, -0.25) is 4.90 Å². The molecule has 0 spiro atoms. The summed E-state index contributed by atoms with van der Waals surface area (Å²) in [4.78, 5) is 27.5. The minimum atomic E-state index is -0.812. The molecule has 5 nitrogen and oxygen atoms in total. The fourth-order valence-electron chi connectivity index (χ4n) is 2.01. The van der Waals surface area contributed by atoms with Crippen molar-refractivity contribution in [1.29, 1.82) is 0 Å². The summed E-state index contributed by atoms with van der Waals surface area (Å²) in [5.41, 5.74) is 0. The molecule has 1 aliphatic heterocycles. The Labute approximate surface area is 95.5 Å². The van der Waals surface area contributed by atoms with E-state index in [1.54, 1.807) is 6.92 Å². The van der Waals surface area contributed by atoms with E-state index in [9.17, 15) is 9.59 Å². The first-order chi connectivity index (χ1) is 7.70. The second kappa shape index (κ2) is 6.40. The Morgan fingerprint density at radius 1 is 1.62 bits per heavy atom. The number of isocyanates is 1. The molecule has 0 saturated carbocycles. The van der Waals surface area contributed by atoms with Gasteiger partial charge in [0.15, 0.2) is 0 Å². The average Bonchev–Trinajstić information content (AvgIpc) is 2.27. The third-order valence-corrected chi connectivity index (χ3v) is 2.84. The van der Waals surface area contributed by atoms with Crippen LogP contribution in [0.1, 0.15) is 33.1 Å². The molecule has 1 saturated heterocycles. The second-order valence-electron chi connectivity index (χ2n) is 3.93. The number of aliphatic imine (C=N–C) groups is 1. The first-order valence-corrected chi connectivity index (χ1v) is 5.70. The molecule has 0 amide bonds. The van der Waals surface area contributed by atoms with Gasteiger partial charge >= 0.3 is 5.97 Å². The van der Waals surface area contributed by atoms with Crippen molar-refractivity contribution < 1.29 is 14.3 Å². The van der Waals surface area contributed by atoms with Crippen LogP contribution in [0.5, 0.6) is 0 Å². The lowest BCUT2D eigenvalue weighted by molar-refractivity contribution is -0.150. The minimum Gasteiger partial charge on any atom is -0.463 e. The zero-order chi connectivity index (χ0) is 12.0. The van der Waals surface area contributed by atoms with E-state index in [1.165, 1.54) is 6.08 Å². The van der Waals surface area contributed by atoms with Crippen LogP contribution in [0, 0.1) is 0 Å². The number of carbonyl (C=O) groups excluding carboxylic acids is 2. The predicted molar refractivity (Wildman–Crippen MR) is 58.6 cm³/mol. The van der Waals surface area contributed by atoms with Crippen LogP contribution >= 0.6 is 0 Å². The topological polar surface area (TPSA) is 59.0 Å². The van der Waals surface area contributed by atoms with E-state index in [2.05, 4.69) is 4.99 Å². The van der Waals surface area contributed by atoms with Crippen LogP contribution in [0.2, 0.25) is 0 Å². The quantitative estimate of drug-likeness (QED) is 0.409. The van der Waals surface area contributed by atoms with Crippen LogP contribution in [-0.2, 0) is 14.3 Å². The van der Waals surface area contributed by atoms with Gasteiger partial charge in [0.2, 0.25) is 12.2 Å². The molecule has 0 aliphatic carbocycles. The van der Waals surface area contributed by atoms with E-state index in [4.69, 9.17) is 4.74 Å². The van der Waals surface area contributed by atoms with Gasteiger partial charge in [0.25, 0.3) is 0 Å². The van der Waals surface area contributed by atoms with E-state index in [1.807, 2.05) is 11.8 Å². The molecule has 1 heterocycles. The maximum Gasteiger partial charge on any atom is 0.347 e. The summed E-state index contributed by atoms with van der Waals surface area (Å²) in [6, 6.07) is 0.250. The molecule has 90 valence electrons. The van der Waals surface area contributed by atoms with Gasteiger partial charge in [-0.25, -0.2) is 9.59 Å². The number of piperidine rings is 1. The number of likely N-dealkylation sites (tertiary alicyclic amines) is 1. The minimum absolute atomic E-state index is 0.250. The summed E-state index contributed by atoms with van der Waals surface area (Å²) in [5.74, 6) is -0.459. The largest absolute Gasteiger partial charge is 0.463 e. The number of carbonyl (C=O) groups is 1. The average molecular weight is 226 g/mol. The SMILES string of the molecule is CCOC(=O)C(N=C=O)N1CCCCC1C. The summed E-state index contributed by atoms with van der Waals surface area (Å²) in [7, 11) is 0. The third-order valence-electron chi connectivity index (χ3n) is 2.84. The number of nitrogens with zero attached hydrogens (tertiary/aromatic N) is 2. The second-order valence-corrected chi connectivity index (χ2v) is 3.93. The van der Waals surface area contributed by atoms with Gasteiger partial charge in [-0.15, -0.1) is 0 Å². The van der Waals surface area contributed by atoms with Crippen LogP contribution in [0.4, 0.5) is 0 Å². The molecule has 16 heavy (non-hydrogen) atoms. The zero-order valence-electron chi connectivity index (χ0n) is 9.81. The maximum atomic E-state index is 11.6. The van der Waals surface area contributed by atoms with Crippen LogP contribution in [-0.4, -0.2) is 42.3 Å². The van der Waals surface area contributed by atoms with Gasteiger partial charge < -0.3 is 4.74 Å². The van der Waals surface area contributed by atoms with Gasteiger partial charge in [0.05, 0.1) is 6.61 Å². The fraction of sp³-hybridized carbons (Fsp3) is 0.818. The highest BCUT2D eigenvalue weighted by Gasteiger charge is 2.31. The Kier molecular flexibility index (Phi) is 5.15. The van der Waals surface area contributed by atoms with E-state index >= 15 is 0 Å². The van der Waals surface area contributed by atoms with Crippen molar-refractivity contribution in [2.75, 3.05) is 13.2 Å². The van der Waals surface area contributed by atoms with Crippen molar-refractivity contribution in [2.45, 2.75) is 45.3 Å². The first-order valence-electron chi connectivity index (χ1n) is 5.70. The lowest BCUT2D eigenvalue weighted by Crippen LogP contribution is -2.48. The van der Waals surface area contributed by atoms with Crippen LogP contribution < -0.4 is 0 Å². The van der Waals surface area contributed by atoms with Crippen molar-refractivity contribution in [3.8, 4) is 0 Å². The highest BCUT2D eigenvalue weighted by atomic mass is 16.5.